The number of carbonyl (C=O) groups is 1. The predicted octanol–water partition coefficient (Wildman–Crippen LogP) is 0.903. The van der Waals surface area contributed by atoms with Crippen LogP contribution >= 0.6 is 0 Å². The first kappa shape index (κ1) is 22.5. The maximum atomic E-state index is 12.5. The Morgan fingerprint density at radius 1 is 1.16 bits per heavy atom. The van der Waals surface area contributed by atoms with Crippen LogP contribution in [0.3, 0.4) is 0 Å². The first-order chi connectivity index (χ1) is 14.8. The van der Waals surface area contributed by atoms with E-state index in [0.717, 1.165) is 23.2 Å². The number of carbonyl (C=O) groups excluding carboxylic acids is 1. The third kappa shape index (κ3) is 4.93. The highest BCUT2D eigenvalue weighted by Gasteiger charge is 2.21. The molecule has 1 aliphatic rings. The third-order valence-electron chi connectivity index (χ3n) is 5.60. The van der Waals surface area contributed by atoms with Gasteiger partial charge in [-0.1, -0.05) is 25.1 Å². The van der Waals surface area contributed by atoms with Gasteiger partial charge in [0.25, 0.3) is 5.56 Å². The number of H-pyrrole nitrogens is 1. The number of nitrogens with one attached hydrogen (secondary N) is 1. The van der Waals surface area contributed by atoms with Crippen molar-refractivity contribution in [2.24, 2.45) is 4.99 Å². The SMILES string of the molecule is CCC(=NCCN1CCN(C(C)=O)CC1)c1c(O)n(-c2ccccc2C)c(=O)[nH]c1=O. The summed E-state index contributed by atoms with van der Waals surface area (Å²) in [6, 6.07) is 7.14. The molecule has 1 saturated heterocycles. The van der Waals surface area contributed by atoms with Crippen molar-refractivity contribution < 1.29 is 9.90 Å². The molecule has 2 heterocycles. The van der Waals surface area contributed by atoms with E-state index in [1.165, 1.54) is 0 Å². The van der Waals surface area contributed by atoms with Crippen molar-refractivity contribution in [1.29, 1.82) is 0 Å². The lowest BCUT2D eigenvalue weighted by atomic mass is 10.1. The molecule has 0 bridgehead atoms. The van der Waals surface area contributed by atoms with Crippen LogP contribution in [0.25, 0.3) is 5.69 Å². The molecule has 31 heavy (non-hydrogen) atoms. The van der Waals surface area contributed by atoms with Gasteiger partial charge in [-0.25, -0.2) is 9.36 Å². The summed E-state index contributed by atoms with van der Waals surface area (Å²) in [5, 5.41) is 10.9. The zero-order valence-corrected chi connectivity index (χ0v) is 18.2. The Morgan fingerprint density at radius 3 is 2.45 bits per heavy atom. The topological polar surface area (TPSA) is 111 Å². The van der Waals surface area contributed by atoms with Gasteiger partial charge in [0.1, 0.15) is 5.56 Å². The molecule has 9 heteroatoms. The molecule has 1 aromatic heterocycles. The van der Waals surface area contributed by atoms with Crippen LogP contribution in [0.15, 0.2) is 38.8 Å². The highest BCUT2D eigenvalue weighted by Crippen LogP contribution is 2.20. The fraction of sp³-hybridized carbons (Fsp3) is 0.455. The molecule has 166 valence electrons. The predicted molar refractivity (Wildman–Crippen MR) is 119 cm³/mol. The van der Waals surface area contributed by atoms with Gasteiger partial charge in [-0.15, -0.1) is 0 Å². The molecule has 0 aliphatic carbocycles. The second-order valence-electron chi connectivity index (χ2n) is 7.61. The van der Waals surface area contributed by atoms with E-state index in [4.69, 9.17) is 0 Å². The van der Waals surface area contributed by atoms with Gasteiger partial charge in [0, 0.05) is 39.6 Å². The molecule has 2 aromatic rings. The zero-order chi connectivity index (χ0) is 22.5. The molecular formula is C22H29N5O4. The summed E-state index contributed by atoms with van der Waals surface area (Å²) in [7, 11) is 0. The molecule has 0 atom stereocenters. The number of rotatable bonds is 6. The lowest BCUT2D eigenvalue weighted by Crippen LogP contribution is -2.48. The summed E-state index contributed by atoms with van der Waals surface area (Å²) >= 11 is 0. The highest BCUT2D eigenvalue weighted by molar-refractivity contribution is 6.02. The van der Waals surface area contributed by atoms with Crippen LogP contribution in [0.4, 0.5) is 0 Å². The normalized spacial score (nSPS) is 15.3. The number of para-hydroxylation sites is 1. The van der Waals surface area contributed by atoms with Crippen molar-refractivity contribution >= 4 is 11.6 Å². The summed E-state index contributed by atoms with van der Waals surface area (Å²) in [6.45, 7) is 9.34. The average molecular weight is 428 g/mol. The molecule has 1 amide bonds. The number of nitrogens with zero attached hydrogens (tertiary/aromatic N) is 4. The first-order valence-corrected chi connectivity index (χ1v) is 10.5. The van der Waals surface area contributed by atoms with Gasteiger partial charge in [0.2, 0.25) is 11.8 Å². The number of amides is 1. The van der Waals surface area contributed by atoms with Gasteiger partial charge in [0.15, 0.2) is 0 Å². The molecule has 9 nitrogen and oxygen atoms in total. The summed E-state index contributed by atoms with van der Waals surface area (Å²) in [4.78, 5) is 47.3. The third-order valence-corrected chi connectivity index (χ3v) is 5.60. The number of hydrogen-bond acceptors (Lipinski definition) is 6. The Hall–Kier alpha value is -3.20. The minimum atomic E-state index is -0.695. The van der Waals surface area contributed by atoms with E-state index in [2.05, 4.69) is 14.9 Å². The standard InChI is InChI=1S/C22H29N5O4/c1-4-17(23-9-10-25-11-13-26(14-12-25)16(3)28)19-20(29)24-22(31)27(21(19)30)18-8-6-5-7-15(18)2/h5-8,30H,4,9-14H2,1-3H3,(H,24,29,31). The van der Waals surface area contributed by atoms with E-state index in [-0.39, 0.29) is 11.5 Å². The molecule has 0 spiro atoms. The van der Waals surface area contributed by atoms with Crippen molar-refractivity contribution in [3.05, 3.63) is 56.2 Å². The van der Waals surface area contributed by atoms with E-state index < -0.39 is 17.1 Å². The second kappa shape index (κ2) is 9.74. The number of aromatic amines is 1. The van der Waals surface area contributed by atoms with Gasteiger partial charge in [-0.2, -0.15) is 0 Å². The van der Waals surface area contributed by atoms with Gasteiger partial charge >= 0.3 is 5.69 Å². The van der Waals surface area contributed by atoms with Crippen LogP contribution in [0.2, 0.25) is 0 Å². The number of aromatic hydroxyl groups is 1. The second-order valence-corrected chi connectivity index (χ2v) is 7.61. The maximum Gasteiger partial charge on any atom is 0.335 e. The highest BCUT2D eigenvalue weighted by atomic mass is 16.3. The molecular weight excluding hydrogens is 398 g/mol. The van der Waals surface area contributed by atoms with Gasteiger partial charge in [0.05, 0.1) is 17.9 Å². The largest absolute Gasteiger partial charge is 0.493 e. The number of aromatic nitrogens is 2. The van der Waals surface area contributed by atoms with Crippen molar-refractivity contribution in [3.8, 4) is 11.6 Å². The summed E-state index contributed by atoms with van der Waals surface area (Å²) in [6.07, 6.45) is 0.431. The Kier molecular flexibility index (Phi) is 7.06. The number of aryl methyl sites for hydroxylation is 1. The van der Waals surface area contributed by atoms with E-state index >= 15 is 0 Å². The van der Waals surface area contributed by atoms with Gasteiger partial charge < -0.3 is 10.0 Å². The summed E-state index contributed by atoms with van der Waals surface area (Å²) in [5.74, 6) is -0.317. The Labute approximate surface area is 180 Å². The molecule has 2 N–H and O–H groups in total. The van der Waals surface area contributed by atoms with Crippen LogP contribution in [-0.4, -0.2) is 75.3 Å². The Balaban J connectivity index is 1.84. The molecule has 3 rings (SSSR count). The van der Waals surface area contributed by atoms with E-state index in [9.17, 15) is 19.5 Å². The fourth-order valence-electron chi connectivity index (χ4n) is 3.80. The molecule has 1 aromatic carbocycles. The Bertz CT molecular complexity index is 1090. The van der Waals surface area contributed by atoms with Crippen LogP contribution in [0.5, 0.6) is 5.88 Å². The molecule has 1 fully saturated rings. The van der Waals surface area contributed by atoms with Crippen LogP contribution in [0.1, 0.15) is 31.4 Å². The van der Waals surface area contributed by atoms with E-state index in [1.54, 1.807) is 19.1 Å². The minimum Gasteiger partial charge on any atom is -0.493 e. The number of hydrogen-bond donors (Lipinski definition) is 2. The minimum absolute atomic E-state index is 0.0201. The fourth-order valence-corrected chi connectivity index (χ4v) is 3.80. The van der Waals surface area contributed by atoms with Crippen LogP contribution < -0.4 is 11.2 Å². The van der Waals surface area contributed by atoms with E-state index in [0.29, 0.717) is 44.0 Å². The quantitative estimate of drug-likeness (QED) is 0.666. The molecule has 0 saturated carbocycles. The van der Waals surface area contributed by atoms with Crippen molar-refractivity contribution in [2.45, 2.75) is 27.2 Å². The molecule has 1 aliphatic heterocycles. The monoisotopic (exact) mass is 427 g/mol. The first-order valence-electron chi connectivity index (χ1n) is 10.5. The van der Waals surface area contributed by atoms with Crippen LogP contribution in [-0.2, 0) is 4.79 Å². The Morgan fingerprint density at radius 2 is 1.84 bits per heavy atom. The number of piperazine rings is 1. The van der Waals surface area contributed by atoms with Crippen molar-refractivity contribution in [1.82, 2.24) is 19.4 Å². The number of benzene rings is 1. The van der Waals surface area contributed by atoms with Gasteiger partial charge in [-0.05, 0) is 25.0 Å². The maximum absolute atomic E-state index is 12.5. The summed E-state index contributed by atoms with van der Waals surface area (Å²) in [5.41, 5.74) is 0.413. The lowest BCUT2D eigenvalue weighted by Gasteiger charge is -2.33. The van der Waals surface area contributed by atoms with Crippen molar-refractivity contribution in [2.75, 3.05) is 39.3 Å². The number of aliphatic imine (C=N–C) groups is 1. The van der Waals surface area contributed by atoms with Gasteiger partial charge in [-0.3, -0.25) is 24.5 Å². The smallest absolute Gasteiger partial charge is 0.335 e. The summed E-state index contributed by atoms with van der Waals surface area (Å²) < 4.78 is 1.11. The van der Waals surface area contributed by atoms with Crippen molar-refractivity contribution in [3.63, 3.8) is 0 Å². The average Bonchev–Trinajstić information content (AvgIpc) is 2.74. The molecule has 0 radical (unpaired) electrons. The van der Waals surface area contributed by atoms with Crippen LogP contribution in [0, 0.1) is 6.92 Å². The van der Waals surface area contributed by atoms with E-state index in [1.807, 2.05) is 30.9 Å². The lowest BCUT2D eigenvalue weighted by molar-refractivity contribution is -0.130. The molecule has 0 unspecified atom stereocenters. The zero-order valence-electron chi connectivity index (χ0n) is 18.2.